The molecule has 1 aromatic heterocycles. The summed E-state index contributed by atoms with van der Waals surface area (Å²) in [5, 5.41) is 7.38. The molecular weight excluding hydrogens is 390 g/mol. The Morgan fingerprint density at radius 3 is 2.85 bits per heavy atom. The van der Waals surface area contributed by atoms with Crippen LogP contribution in [-0.4, -0.2) is 17.1 Å². The van der Waals surface area contributed by atoms with Crippen molar-refractivity contribution in [3.63, 3.8) is 0 Å². The molecular formula is C21H16BrN3O. The topological polar surface area (TPSA) is 57.2 Å². The molecule has 5 heteroatoms. The van der Waals surface area contributed by atoms with Gasteiger partial charge in [-0.15, -0.1) is 0 Å². The van der Waals surface area contributed by atoms with Crippen LogP contribution in [-0.2, 0) is 11.2 Å². The molecule has 0 aliphatic heterocycles. The third kappa shape index (κ3) is 3.39. The van der Waals surface area contributed by atoms with Crippen LogP contribution in [0.3, 0.4) is 0 Å². The molecule has 0 saturated carbocycles. The molecule has 1 heterocycles. The van der Waals surface area contributed by atoms with Gasteiger partial charge in [0, 0.05) is 27.1 Å². The van der Waals surface area contributed by atoms with Crippen molar-refractivity contribution in [1.82, 2.24) is 10.4 Å². The number of amides is 1. The molecule has 0 spiro atoms. The second-order valence-corrected chi connectivity index (χ2v) is 6.96. The fourth-order valence-corrected chi connectivity index (χ4v) is 3.42. The Balaban J connectivity index is 1.48. The van der Waals surface area contributed by atoms with E-state index in [1.807, 2.05) is 66.9 Å². The predicted molar refractivity (Wildman–Crippen MR) is 109 cm³/mol. The fraction of sp³-hybridized carbons (Fsp3) is 0.0476. The molecule has 26 heavy (non-hydrogen) atoms. The number of halogens is 1. The van der Waals surface area contributed by atoms with Crippen molar-refractivity contribution >= 4 is 49.7 Å². The summed E-state index contributed by atoms with van der Waals surface area (Å²) < 4.78 is 0.999. The lowest BCUT2D eigenvalue weighted by atomic mass is 10.0. The van der Waals surface area contributed by atoms with E-state index in [2.05, 4.69) is 31.4 Å². The second kappa shape index (κ2) is 7.14. The van der Waals surface area contributed by atoms with Crippen LogP contribution in [0.25, 0.3) is 21.7 Å². The summed E-state index contributed by atoms with van der Waals surface area (Å²) in [5.74, 6) is -0.140. The number of benzene rings is 3. The van der Waals surface area contributed by atoms with E-state index >= 15 is 0 Å². The summed E-state index contributed by atoms with van der Waals surface area (Å²) in [6, 6.07) is 20.0. The number of rotatable bonds is 4. The van der Waals surface area contributed by atoms with E-state index in [0.29, 0.717) is 0 Å². The number of carbonyl (C=O) groups excluding carboxylic acids is 1. The zero-order valence-corrected chi connectivity index (χ0v) is 15.5. The maximum Gasteiger partial charge on any atom is 0.244 e. The highest BCUT2D eigenvalue weighted by atomic mass is 79.9. The van der Waals surface area contributed by atoms with Gasteiger partial charge in [-0.25, -0.2) is 5.43 Å². The van der Waals surface area contributed by atoms with Crippen LogP contribution < -0.4 is 5.43 Å². The van der Waals surface area contributed by atoms with Gasteiger partial charge in [0.25, 0.3) is 0 Å². The van der Waals surface area contributed by atoms with Crippen molar-refractivity contribution in [2.24, 2.45) is 5.10 Å². The Kier molecular flexibility index (Phi) is 4.54. The predicted octanol–water partition coefficient (Wildman–Crippen LogP) is 4.78. The van der Waals surface area contributed by atoms with Crippen molar-refractivity contribution in [3.05, 3.63) is 82.5 Å². The number of nitrogens with zero attached hydrogens (tertiary/aromatic N) is 1. The summed E-state index contributed by atoms with van der Waals surface area (Å²) in [5.41, 5.74) is 5.56. The molecule has 4 aromatic rings. The largest absolute Gasteiger partial charge is 0.361 e. The highest BCUT2D eigenvalue weighted by Gasteiger charge is 2.06. The number of hydrazone groups is 1. The normalized spacial score (nSPS) is 11.4. The number of hydrogen-bond donors (Lipinski definition) is 2. The standard InChI is InChI=1S/C21H16BrN3O/c22-17-8-9-20-19(11-17)16(12-23-20)13-24-25-21(26)10-15-6-3-5-14-4-1-2-7-18(14)15/h1-9,11-13,23H,10H2,(H,25,26)/b24-13+. The van der Waals surface area contributed by atoms with E-state index in [9.17, 15) is 4.79 Å². The number of aromatic nitrogens is 1. The van der Waals surface area contributed by atoms with Crippen LogP contribution in [0.5, 0.6) is 0 Å². The SMILES string of the molecule is O=C(Cc1cccc2ccccc12)N/N=C/c1c[nH]c2ccc(Br)cc12. The van der Waals surface area contributed by atoms with E-state index in [1.54, 1.807) is 6.21 Å². The lowest BCUT2D eigenvalue weighted by Gasteiger charge is -2.05. The van der Waals surface area contributed by atoms with Gasteiger partial charge in [0.1, 0.15) is 0 Å². The van der Waals surface area contributed by atoms with E-state index in [0.717, 1.165) is 37.3 Å². The molecule has 0 atom stereocenters. The Bertz CT molecular complexity index is 1130. The number of aromatic amines is 1. The van der Waals surface area contributed by atoms with Crippen LogP contribution in [0.15, 0.2) is 76.4 Å². The Morgan fingerprint density at radius 1 is 1.08 bits per heavy atom. The number of nitrogens with one attached hydrogen (secondary N) is 2. The summed E-state index contributed by atoms with van der Waals surface area (Å²) in [4.78, 5) is 15.5. The average molecular weight is 406 g/mol. The molecule has 0 aliphatic carbocycles. The van der Waals surface area contributed by atoms with Crippen LogP contribution in [0.1, 0.15) is 11.1 Å². The van der Waals surface area contributed by atoms with Gasteiger partial charge in [0.05, 0.1) is 12.6 Å². The van der Waals surface area contributed by atoms with Gasteiger partial charge >= 0.3 is 0 Å². The highest BCUT2D eigenvalue weighted by molar-refractivity contribution is 9.10. The summed E-state index contributed by atoms with van der Waals surface area (Å²) in [6.07, 6.45) is 3.82. The number of carbonyl (C=O) groups is 1. The first-order valence-corrected chi connectivity index (χ1v) is 9.05. The van der Waals surface area contributed by atoms with E-state index in [1.165, 1.54) is 0 Å². The van der Waals surface area contributed by atoms with Gasteiger partial charge in [-0.3, -0.25) is 4.79 Å². The molecule has 4 rings (SSSR count). The zero-order valence-electron chi connectivity index (χ0n) is 13.9. The first-order valence-electron chi connectivity index (χ1n) is 8.26. The summed E-state index contributed by atoms with van der Waals surface area (Å²) in [6.45, 7) is 0. The van der Waals surface area contributed by atoms with Crippen molar-refractivity contribution < 1.29 is 4.79 Å². The monoisotopic (exact) mass is 405 g/mol. The minimum Gasteiger partial charge on any atom is -0.361 e. The number of H-pyrrole nitrogens is 1. The Morgan fingerprint density at radius 2 is 1.92 bits per heavy atom. The van der Waals surface area contributed by atoms with Crippen LogP contribution in [0.4, 0.5) is 0 Å². The van der Waals surface area contributed by atoms with Crippen molar-refractivity contribution in [2.75, 3.05) is 0 Å². The van der Waals surface area contributed by atoms with Crippen LogP contribution in [0.2, 0.25) is 0 Å². The zero-order chi connectivity index (χ0) is 17.9. The van der Waals surface area contributed by atoms with Gasteiger partial charge in [0.15, 0.2) is 0 Å². The van der Waals surface area contributed by atoms with E-state index < -0.39 is 0 Å². The van der Waals surface area contributed by atoms with E-state index in [-0.39, 0.29) is 12.3 Å². The minimum absolute atomic E-state index is 0.140. The van der Waals surface area contributed by atoms with Crippen molar-refractivity contribution in [3.8, 4) is 0 Å². The van der Waals surface area contributed by atoms with Gasteiger partial charge in [-0.2, -0.15) is 5.10 Å². The molecule has 0 fully saturated rings. The number of hydrogen-bond acceptors (Lipinski definition) is 2. The van der Waals surface area contributed by atoms with Crippen LogP contribution in [0, 0.1) is 0 Å². The highest BCUT2D eigenvalue weighted by Crippen LogP contribution is 2.21. The molecule has 4 nitrogen and oxygen atoms in total. The molecule has 0 aliphatic rings. The molecule has 0 saturated heterocycles. The lowest BCUT2D eigenvalue weighted by molar-refractivity contribution is -0.120. The molecule has 2 N–H and O–H groups in total. The minimum atomic E-state index is -0.140. The van der Waals surface area contributed by atoms with Gasteiger partial charge < -0.3 is 4.98 Å². The van der Waals surface area contributed by atoms with E-state index in [4.69, 9.17) is 0 Å². The fourth-order valence-electron chi connectivity index (χ4n) is 3.05. The third-order valence-electron chi connectivity index (χ3n) is 4.30. The van der Waals surface area contributed by atoms with Gasteiger partial charge in [-0.05, 0) is 34.5 Å². The van der Waals surface area contributed by atoms with Gasteiger partial charge in [0.2, 0.25) is 5.91 Å². The van der Waals surface area contributed by atoms with Gasteiger partial charge in [-0.1, -0.05) is 58.4 Å². The van der Waals surface area contributed by atoms with Crippen molar-refractivity contribution in [1.29, 1.82) is 0 Å². The lowest BCUT2D eigenvalue weighted by Crippen LogP contribution is -2.19. The maximum atomic E-state index is 12.3. The quantitative estimate of drug-likeness (QED) is 0.372. The average Bonchev–Trinajstić information content (AvgIpc) is 3.04. The first-order chi connectivity index (χ1) is 12.7. The smallest absolute Gasteiger partial charge is 0.244 e. The molecule has 3 aromatic carbocycles. The van der Waals surface area contributed by atoms with Crippen molar-refractivity contribution in [2.45, 2.75) is 6.42 Å². The molecule has 0 unspecified atom stereocenters. The molecule has 0 radical (unpaired) electrons. The van der Waals surface area contributed by atoms with Crippen LogP contribution >= 0.6 is 15.9 Å². The summed E-state index contributed by atoms with van der Waals surface area (Å²) >= 11 is 3.47. The maximum absolute atomic E-state index is 12.3. The number of fused-ring (bicyclic) bond motifs is 2. The molecule has 0 bridgehead atoms. The molecule has 1 amide bonds. The third-order valence-corrected chi connectivity index (χ3v) is 4.79. The Labute approximate surface area is 159 Å². The first kappa shape index (κ1) is 16.5. The molecule has 128 valence electrons. The second-order valence-electron chi connectivity index (χ2n) is 6.04. The summed E-state index contributed by atoms with van der Waals surface area (Å²) in [7, 11) is 0. The Hall–Kier alpha value is -2.92.